The van der Waals surface area contributed by atoms with E-state index in [2.05, 4.69) is 53.6 Å². The van der Waals surface area contributed by atoms with Gasteiger partial charge >= 0.3 is 0 Å². The van der Waals surface area contributed by atoms with E-state index in [9.17, 15) is 9.90 Å². The van der Waals surface area contributed by atoms with Crippen molar-refractivity contribution < 1.29 is 9.90 Å². The number of guanidine groups is 1. The van der Waals surface area contributed by atoms with Gasteiger partial charge in [-0.05, 0) is 50.3 Å². The fourth-order valence-electron chi connectivity index (χ4n) is 4.90. The molecule has 3 unspecified atom stereocenters. The number of piperidine rings is 1. The number of aliphatic hydroxyl groups is 1. The number of nitrogens with two attached hydrogens (primary N) is 1. The summed E-state index contributed by atoms with van der Waals surface area (Å²) in [5.74, 6) is 0.572. The number of benzene rings is 1. The molecule has 1 aromatic rings. The van der Waals surface area contributed by atoms with Crippen LogP contribution < -0.4 is 16.4 Å². The Bertz CT molecular complexity index is 790. The number of halogens is 1. The minimum atomic E-state index is -0.257. The lowest BCUT2D eigenvalue weighted by Crippen LogP contribution is -2.48. The molecular weight excluding hydrogens is 529 g/mol. The number of nitrogens with one attached hydrogen (secondary N) is 2. The Morgan fingerprint density at radius 1 is 1.24 bits per heavy atom. The number of amides is 1. The summed E-state index contributed by atoms with van der Waals surface area (Å²) in [6, 6.07) is 8.52. The van der Waals surface area contributed by atoms with Crippen molar-refractivity contribution in [3.63, 3.8) is 0 Å². The van der Waals surface area contributed by atoms with Crippen molar-refractivity contribution in [2.45, 2.75) is 71.6 Å². The first-order chi connectivity index (χ1) is 15.4. The van der Waals surface area contributed by atoms with E-state index in [1.165, 1.54) is 12.0 Å². The second kappa shape index (κ2) is 13.5. The van der Waals surface area contributed by atoms with Crippen LogP contribution in [-0.2, 0) is 17.9 Å². The van der Waals surface area contributed by atoms with E-state index in [1.54, 1.807) is 0 Å². The van der Waals surface area contributed by atoms with Crippen LogP contribution in [0.3, 0.4) is 0 Å². The Balaban J connectivity index is 0.00000385. The van der Waals surface area contributed by atoms with Crippen LogP contribution in [0.4, 0.5) is 0 Å². The Morgan fingerprint density at radius 2 is 2.03 bits per heavy atom. The van der Waals surface area contributed by atoms with E-state index in [0.717, 1.165) is 76.4 Å². The highest BCUT2D eigenvalue weighted by Crippen LogP contribution is 2.35. The maximum Gasteiger partial charge on any atom is 0.221 e. The Labute approximate surface area is 216 Å². The van der Waals surface area contributed by atoms with Gasteiger partial charge in [0.2, 0.25) is 5.91 Å². The highest BCUT2D eigenvalue weighted by Gasteiger charge is 2.35. The van der Waals surface area contributed by atoms with Gasteiger partial charge in [-0.2, -0.15) is 0 Å². The maximum atomic E-state index is 11.6. The van der Waals surface area contributed by atoms with Gasteiger partial charge in [-0.1, -0.05) is 44.0 Å². The largest absolute Gasteiger partial charge is 0.392 e. The van der Waals surface area contributed by atoms with Crippen LogP contribution in [0.25, 0.3) is 0 Å². The Kier molecular flexibility index (Phi) is 11.4. The van der Waals surface area contributed by atoms with Gasteiger partial charge in [0.15, 0.2) is 5.96 Å². The highest BCUT2D eigenvalue weighted by molar-refractivity contribution is 14.0. The molecular formula is C25H42IN5O2. The number of aliphatic imine (C=N–C) groups is 1. The van der Waals surface area contributed by atoms with Crippen LogP contribution in [-0.4, -0.2) is 54.2 Å². The van der Waals surface area contributed by atoms with Crippen LogP contribution in [0, 0.1) is 11.3 Å². The molecule has 1 amide bonds. The van der Waals surface area contributed by atoms with Gasteiger partial charge in [0.1, 0.15) is 0 Å². The summed E-state index contributed by atoms with van der Waals surface area (Å²) in [6.45, 7) is 8.91. The number of carbonyl (C=O) groups excluding carboxylic acids is 1. The number of carbonyl (C=O) groups is 1. The fourth-order valence-corrected chi connectivity index (χ4v) is 4.90. The number of hydrogen-bond donors (Lipinski definition) is 4. The van der Waals surface area contributed by atoms with E-state index in [4.69, 9.17) is 10.7 Å². The van der Waals surface area contributed by atoms with Gasteiger partial charge in [0, 0.05) is 31.6 Å². The van der Waals surface area contributed by atoms with E-state index in [1.807, 2.05) is 0 Å². The number of likely N-dealkylation sites (tertiary alicyclic amines) is 1. The van der Waals surface area contributed by atoms with E-state index in [0.29, 0.717) is 6.54 Å². The monoisotopic (exact) mass is 571 g/mol. The quantitative estimate of drug-likeness (QED) is 0.218. The first-order valence-corrected chi connectivity index (χ1v) is 12.2. The molecule has 2 aliphatic rings. The fraction of sp³-hybridized carbons (Fsp3) is 0.680. The van der Waals surface area contributed by atoms with Gasteiger partial charge in [0.05, 0.1) is 18.6 Å². The summed E-state index contributed by atoms with van der Waals surface area (Å²) < 4.78 is 0. The molecule has 3 rings (SSSR count). The molecule has 33 heavy (non-hydrogen) atoms. The summed E-state index contributed by atoms with van der Waals surface area (Å²) >= 11 is 0. The van der Waals surface area contributed by atoms with Gasteiger partial charge in [-0.25, -0.2) is 4.99 Å². The van der Waals surface area contributed by atoms with Crippen LogP contribution in [0.2, 0.25) is 0 Å². The van der Waals surface area contributed by atoms with Crippen LogP contribution in [0.15, 0.2) is 29.3 Å². The van der Waals surface area contributed by atoms with Gasteiger partial charge < -0.3 is 21.5 Å². The van der Waals surface area contributed by atoms with E-state index in [-0.39, 0.29) is 47.3 Å². The average molecular weight is 572 g/mol. The lowest BCUT2D eigenvalue weighted by atomic mass is 9.73. The predicted molar refractivity (Wildman–Crippen MR) is 144 cm³/mol. The smallest absolute Gasteiger partial charge is 0.221 e. The first kappa shape index (κ1) is 27.9. The average Bonchev–Trinajstić information content (AvgIpc) is 2.78. The Hall–Kier alpha value is -1.39. The number of hydrogen-bond acceptors (Lipinski definition) is 4. The molecule has 7 nitrogen and oxygen atoms in total. The van der Waals surface area contributed by atoms with Crippen molar-refractivity contribution >= 4 is 35.8 Å². The predicted octanol–water partition coefficient (Wildman–Crippen LogP) is 3.00. The third-order valence-electron chi connectivity index (χ3n) is 7.01. The number of primary amides is 1. The topological polar surface area (TPSA) is 103 Å². The molecule has 1 aliphatic heterocycles. The van der Waals surface area contributed by atoms with Crippen LogP contribution >= 0.6 is 24.0 Å². The minimum absolute atomic E-state index is 0. The number of rotatable bonds is 8. The number of nitrogens with zero attached hydrogens (tertiary/aromatic N) is 2. The molecule has 0 aromatic heterocycles. The molecule has 0 spiro atoms. The third-order valence-corrected chi connectivity index (χ3v) is 7.01. The molecule has 0 radical (unpaired) electrons. The summed E-state index contributed by atoms with van der Waals surface area (Å²) in [5, 5.41) is 17.2. The zero-order chi connectivity index (χ0) is 23.0. The molecule has 1 heterocycles. The lowest BCUT2D eigenvalue weighted by Gasteiger charge is -2.38. The molecule has 0 bridgehead atoms. The lowest BCUT2D eigenvalue weighted by molar-refractivity contribution is -0.123. The van der Waals surface area contributed by atoms with E-state index >= 15 is 0 Å². The second-order valence-corrected chi connectivity index (χ2v) is 9.76. The molecule has 186 valence electrons. The van der Waals surface area contributed by atoms with Crippen molar-refractivity contribution in [1.82, 2.24) is 15.5 Å². The number of aliphatic hydroxyl groups excluding tert-OH is 1. The summed E-state index contributed by atoms with van der Waals surface area (Å²) in [4.78, 5) is 18.7. The molecule has 1 saturated heterocycles. The maximum absolute atomic E-state index is 11.6. The van der Waals surface area contributed by atoms with Crippen LogP contribution in [0.1, 0.15) is 63.5 Å². The Morgan fingerprint density at radius 3 is 2.76 bits per heavy atom. The highest BCUT2D eigenvalue weighted by atomic mass is 127. The van der Waals surface area contributed by atoms with Crippen molar-refractivity contribution in [3.05, 3.63) is 35.4 Å². The third kappa shape index (κ3) is 8.40. The summed E-state index contributed by atoms with van der Waals surface area (Å²) in [6.07, 6.45) is 5.87. The van der Waals surface area contributed by atoms with Gasteiger partial charge in [-0.3, -0.25) is 9.69 Å². The van der Waals surface area contributed by atoms with Gasteiger partial charge in [-0.15, -0.1) is 24.0 Å². The molecule has 1 saturated carbocycles. The first-order valence-electron chi connectivity index (χ1n) is 12.2. The van der Waals surface area contributed by atoms with Crippen molar-refractivity contribution in [2.75, 3.05) is 26.2 Å². The van der Waals surface area contributed by atoms with Crippen molar-refractivity contribution in [1.29, 1.82) is 0 Å². The molecule has 5 N–H and O–H groups in total. The molecule has 1 aromatic carbocycles. The summed E-state index contributed by atoms with van der Waals surface area (Å²) in [7, 11) is 0. The zero-order valence-corrected chi connectivity index (χ0v) is 22.5. The molecule has 1 aliphatic carbocycles. The van der Waals surface area contributed by atoms with Gasteiger partial charge in [0.25, 0.3) is 0 Å². The molecule has 3 atom stereocenters. The summed E-state index contributed by atoms with van der Waals surface area (Å²) in [5.41, 5.74) is 7.81. The SMILES string of the molecule is CCNC(=NCc1cccc(CN2CCCC(C(N)=O)C2)c1)NCC1(C)CCCCC1O.I. The molecule has 2 fully saturated rings. The molecule has 8 heteroatoms. The van der Waals surface area contributed by atoms with E-state index < -0.39 is 0 Å². The second-order valence-electron chi connectivity index (χ2n) is 9.76. The minimum Gasteiger partial charge on any atom is -0.392 e. The zero-order valence-electron chi connectivity index (χ0n) is 20.2. The standard InChI is InChI=1S/C25H41N5O2.HI/c1-3-27-24(29-18-25(2)12-5-4-11-22(25)31)28-15-19-8-6-9-20(14-19)16-30-13-7-10-21(17-30)23(26)32;/h6,8-9,14,21-22,31H,3-5,7,10-13,15-18H2,1-2H3,(H2,26,32)(H2,27,28,29);1H. The normalized spacial score (nSPS) is 26.3. The van der Waals surface area contributed by atoms with Crippen molar-refractivity contribution in [3.8, 4) is 0 Å². The van der Waals surface area contributed by atoms with Crippen molar-refractivity contribution in [2.24, 2.45) is 22.1 Å². The van der Waals surface area contributed by atoms with Crippen LogP contribution in [0.5, 0.6) is 0 Å².